The van der Waals surface area contributed by atoms with Crippen LogP contribution in [0.5, 0.6) is 0 Å². The van der Waals surface area contributed by atoms with Crippen molar-refractivity contribution in [3.63, 3.8) is 0 Å². The monoisotopic (exact) mass is 132 g/mol. The largest absolute Gasteiger partial charge is 0.311 e. The third-order valence-corrected chi connectivity index (χ3v) is 1.24. The minimum atomic E-state index is -1.23. The summed E-state index contributed by atoms with van der Waals surface area (Å²) in [5.41, 5.74) is 9.37. The van der Waals surface area contributed by atoms with Crippen LogP contribution in [-0.4, -0.2) is 11.8 Å². The Morgan fingerprint density at radius 2 is 2.22 bits per heavy atom. The zero-order chi connectivity index (χ0) is 7.49. The standard InChI is InChI=1S/C6H13FN2/c1-3-4-6(8,9)5(2)7/h3,5H,1,4,8-9H2,2H3. The van der Waals surface area contributed by atoms with Crippen molar-refractivity contribution < 1.29 is 4.39 Å². The summed E-state index contributed by atoms with van der Waals surface area (Å²) in [6.45, 7) is 4.74. The molecule has 0 aromatic carbocycles. The van der Waals surface area contributed by atoms with Crippen LogP contribution in [0.4, 0.5) is 4.39 Å². The van der Waals surface area contributed by atoms with Crippen molar-refractivity contribution in [3.05, 3.63) is 12.7 Å². The van der Waals surface area contributed by atoms with Crippen LogP contribution in [0, 0.1) is 0 Å². The minimum Gasteiger partial charge on any atom is -0.311 e. The van der Waals surface area contributed by atoms with Crippen LogP contribution in [-0.2, 0) is 0 Å². The molecule has 0 saturated carbocycles. The van der Waals surface area contributed by atoms with E-state index in [1.165, 1.54) is 13.0 Å². The lowest BCUT2D eigenvalue weighted by Gasteiger charge is -2.23. The van der Waals surface area contributed by atoms with Crippen LogP contribution in [0.1, 0.15) is 13.3 Å². The van der Waals surface area contributed by atoms with Gasteiger partial charge in [-0.3, -0.25) is 0 Å². The van der Waals surface area contributed by atoms with E-state index < -0.39 is 11.8 Å². The molecule has 2 nitrogen and oxygen atoms in total. The third-order valence-electron chi connectivity index (χ3n) is 1.24. The molecular weight excluding hydrogens is 119 g/mol. The number of hydrogen-bond donors (Lipinski definition) is 2. The van der Waals surface area contributed by atoms with Crippen molar-refractivity contribution in [1.29, 1.82) is 0 Å². The second-order valence-electron chi connectivity index (χ2n) is 2.22. The average molecular weight is 132 g/mol. The fraction of sp³-hybridized carbons (Fsp3) is 0.667. The molecule has 4 N–H and O–H groups in total. The molecule has 0 aromatic rings. The zero-order valence-corrected chi connectivity index (χ0v) is 5.60. The van der Waals surface area contributed by atoms with Gasteiger partial charge in [0.2, 0.25) is 0 Å². The quantitative estimate of drug-likeness (QED) is 0.435. The summed E-state index contributed by atoms with van der Waals surface area (Å²) in [6, 6.07) is 0. The van der Waals surface area contributed by atoms with Crippen LogP contribution in [0.15, 0.2) is 12.7 Å². The number of rotatable bonds is 3. The van der Waals surface area contributed by atoms with Crippen LogP contribution in [0.25, 0.3) is 0 Å². The summed E-state index contributed by atoms with van der Waals surface area (Å²) < 4.78 is 12.4. The van der Waals surface area contributed by atoms with E-state index in [1.54, 1.807) is 0 Å². The number of halogens is 1. The van der Waals surface area contributed by atoms with E-state index in [1.807, 2.05) is 0 Å². The van der Waals surface area contributed by atoms with Gasteiger partial charge in [0.1, 0.15) is 6.17 Å². The highest BCUT2D eigenvalue weighted by Crippen LogP contribution is 2.07. The molecule has 0 rings (SSSR count). The Hall–Kier alpha value is -0.410. The third kappa shape index (κ3) is 2.58. The molecule has 1 atom stereocenters. The zero-order valence-electron chi connectivity index (χ0n) is 5.60. The number of hydrogen-bond acceptors (Lipinski definition) is 2. The Kier molecular flexibility index (Phi) is 2.81. The van der Waals surface area contributed by atoms with Crippen molar-refractivity contribution >= 4 is 0 Å². The predicted octanol–water partition coefficient (Wildman–Crippen LogP) is 0.534. The molecule has 0 aliphatic rings. The van der Waals surface area contributed by atoms with Gasteiger partial charge in [-0.05, 0) is 13.3 Å². The van der Waals surface area contributed by atoms with Gasteiger partial charge in [0, 0.05) is 0 Å². The first-order chi connectivity index (χ1) is 4.00. The Morgan fingerprint density at radius 1 is 1.78 bits per heavy atom. The molecule has 54 valence electrons. The topological polar surface area (TPSA) is 52.0 Å². The molecule has 0 amide bonds. The fourth-order valence-corrected chi connectivity index (χ4v) is 0.412. The van der Waals surface area contributed by atoms with Gasteiger partial charge in [0.15, 0.2) is 0 Å². The lowest BCUT2D eigenvalue weighted by atomic mass is 10.0. The van der Waals surface area contributed by atoms with E-state index in [2.05, 4.69) is 6.58 Å². The minimum absolute atomic E-state index is 0.296. The normalized spacial score (nSPS) is 15.1. The molecule has 0 radical (unpaired) electrons. The first kappa shape index (κ1) is 8.59. The van der Waals surface area contributed by atoms with Gasteiger partial charge < -0.3 is 11.5 Å². The summed E-state index contributed by atoms with van der Waals surface area (Å²) in [5, 5.41) is 0. The maximum absolute atomic E-state index is 12.4. The van der Waals surface area contributed by atoms with Gasteiger partial charge in [-0.25, -0.2) is 4.39 Å². The van der Waals surface area contributed by atoms with Crippen LogP contribution < -0.4 is 11.5 Å². The highest BCUT2D eigenvalue weighted by Gasteiger charge is 2.24. The van der Waals surface area contributed by atoms with Gasteiger partial charge in [-0.2, -0.15) is 0 Å². The smallest absolute Gasteiger partial charge is 0.128 e. The maximum Gasteiger partial charge on any atom is 0.128 e. The first-order valence-electron chi connectivity index (χ1n) is 2.83. The van der Waals surface area contributed by atoms with Crippen LogP contribution in [0.3, 0.4) is 0 Å². The average Bonchev–Trinajstić information content (AvgIpc) is 1.65. The molecule has 0 bridgehead atoms. The second-order valence-corrected chi connectivity index (χ2v) is 2.22. The summed E-state index contributed by atoms with van der Waals surface area (Å²) in [7, 11) is 0. The molecule has 0 spiro atoms. The second kappa shape index (κ2) is 2.94. The van der Waals surface area contributed by atoms with Gasteiger partial charge in [0.05, 0.1) is 5.66 Å². The summed E-state index contributed by atoms with van der Waals surface area (Å²) in [6.07, 6.45) is 0.608. The van der Waals surface area contributed by atoms with E-state index in [0.29, 0.717) is 6.42 Å². The summed E-state index contributed by atoms with van der Waals surface area (Å²) in [5.74, 6) is 0. The van der Waals surface area contributed by atoms with Crippen molar-refractivity contribution in [2.75, 3.05) is 0 Å². The molecule has 0 saturated heterocycles. The Balaban J connectivity index is 3.84. The molecular formula is C6H13FN2. The lowest BCUT2D eigenvalue weighted by Crippen LogP contribution is -2.55. The van der Waals surface area contributed by atoms with Crippen LogP contribution >= 0.6 is 0 Å². The van der Waals surface area contributed by atoms with E-state index >= 15 is 0 Å². The van der Waals surface area contributed by atoms with E-state index in [-0.39, 0.29) is 0 Å². The van der Waals surface area contributed by atoms with Gasteiger partial charge in [-0.1, -0.05) is 6.08 Å². The SMILES string of the molecule is C=CCC(N)(N)C(C)F. The first-order valence-corrected chi connectivity index (χ1v) is 2.83. The van der Waals surface area contributed by atoms with Crippen molar-refractivity contribution in [1.82, 2.24) is 0 Å². The highest BCUT2D eigenvalue weighted by atomic mass is 19.1. The van der Waals surface area contributed by atoms with Crippen molar-refractivity contribution in [3.8, 4) is 0 Å². The Labute approximate surface area is 54.7 Å². The molecule has 9 heavy (non-hydrogen) atoms. The van der Waals surface area contributed by atoms with Gasteiger partial charge in [-0.15, -0.1) is 6.58 Å². The van der Waals surface area contributed by atoms with Gasteiger partial charge in [0.25, 0.3) is 0 Å². The van der Waals surface area contributed by atoms with E-state index in [0.717, 1.165) is 0 Å². The number of nitrogens with two attached hydrogens (primary N) is 2. The molecule has 1 unspecified atom stereocenters. The van der Waals surface area contributed by atoms with E-state index in [4.69, 9.17) is 11.5 Å². The molecule has 0 aliphatic carbocycles. The lowest BCUT2D eigenvalue weighted by molar-refractivity contribution is 0.213. The van der Waals surface area contributed by atoms with Crippen LogP contribution in [0.2, 0.25) is 0 Å². The fourth-order valence-electron chi connectivity index (χ4n) is 0.412. The van der Waals surface area contributed by atoms with Gasteiger partial charge >= 0.3 is 0 Å². The Bertz CT molecular complexity index is 99.2. The number of alkyl halides is 1. The van der Waals surface area contributed by atoms with E-state index in [9.17, 15) is 4.39 Å². The molecule has 0 aromatic heterocycles. The van der Waals surface area contributed by atoms with Crippen molar-refractivity contribution in [2.45, 2.75) is 25.2 Å². The highest BCUT2D eigenvalue weighted by molar-refractivity contribution is 4.89. The Morgan fingerprint density at radius 3 is 2.33 bits per heavy atom. The molecule has 0 aliphatic heterocycles. The molecule has 0 fully saturated rings. The van der Waals surface area contributed by atoms with Crippen molar-refractivity contribution in [2.24, 2.45) is 11.5 Å². The molecule has 3 heteroatoms. The summed E-state index contributed by atoms with van der Waals surface area (Å²) >= 11 is 0. The predicted molar refractivity (Wildman–Crippen MR) is 36.5 cm³/mol. The molecule has 0 heterocycles. The maximum atomic E-state index is 12.4. The summed E-state index contributed by atoms with van der Waals surface area (Å²) in [4.78, 5) is 0.